The minimum Gasteiger partial charge on any atom is -0.383 e. The van der Waals surface area contributed by atoms with Gasteiger partial charge < -0.3 is 21.3 Å². The molecule has 1 unspecified atom stereocenters. The van der Waals surface area contributed by atoms with Crippen LogP contribution in [0, 0.1) is 11.3 Å². The van der Waals surface area contributed by atoms with E-state index in [2.05, 4.69) is 36.4 Å². The summed E-state index contributed by atoms with van der Waals surface area (Å²) < 4.78 is 0. The van der Waals surface area contributed by atoms with Gasteiger partial charge in [-0.15, -0.1) is 10.2 Å². The SMILES string of the molecule is CNC(=O)c1nnc(Nc2ccc(C#N)cn2)cc1NCCC1CCCCN1. The third-order valence-corrected chi connectivity index (χ3v) is 4.61. The van der Waals surface area contributed by atoms with Gasteiger partial charge in [-0.1, -0.05) is 6.42 Å². The van der Waals surface area contributed by atoms with E-state index in [-0.39, 0.29) is 11.6 Å². The van der Waals surface area contributed by atoms with E-state index in [9.17, 15) is 4.79 Å². The molecular weight excluding hydrogens is 356 g/mol. The fourth-order valence-corrected chi connectivity index (χ4v) is 3.09. The largest absolute Gasteiger partial charge is 0.383 e. The van der Waals surface area contributed by atoms with Crippen molar-refractivity contribution >= 4 is 23.2 Å². The molecule has 4 N–H and O–H groups in total. The number of aromatic nitrogens is 3. The summed E-state index contributed by atoms with van der Waals surface area (Å²) in [5.74, 6) is 0.704. The number of nitrogens with one attached hydrogen (secondary N) is 4. The van der Waals surface area contributed by atoms with Crippen molar-refractivity contribution in [1.29, 1.82) is 5.26 Å². The molecule has 9 heteroatoms. The Bertz CT molecular complexity index is 840. The van der Waals surface area contributed by atoms with Crippen LogP contribution in [0.1, 0.15) is 41.7 Å². The molecule has 1 aliphatic heterocycles. The second-order valence-corrected chi connectivity index (χ2v) is 6.60. The number of carbonyl (C=O) groups is 1. The number of pyridine rings is 1. The van der Waals surface area contributed by atoms with E-state index < -0.39 is 0 Å². The lowest BCUT2D eigenvalue weighted by Gasteiger charge is -2.23. The number of anilines is 3. The van der Waals surface area contributed by atoms with Crippen LogP contribution in [0.4, 0.5) is 17.3 Å². The van der Waals surface area contributed by atoms with Crippen molar-refractivity contribution in [3.05, 3.63) is 35.7 Å². The fraction of sp³-hybridized carbons (Fsp3) is 0.421. The summed E-state index contributed by atoms with van der Waals surface area (Å²) in [6, 6.07) is 7.62. The zero-order valence-corrected chi connectivity index (χ0v) is 15.8. The van der Waals surface area contributed by atoms with Crippen LogP contribution in [-0.2, 0) is 0 Å². The monoisotopic (exact) mass is 380 g/mol. The Balaban J connectivity index is 1.70. The summed E-state index contributed by atoms with van der Waals surface area (Å²) in [6.45, 7) is 1.79. The van der Waals surface area contributed by atoms with Crippen LogP contribution in [0.3, 0.4) is 0 Å². The molecule has 0 aromatic carbocycles. The van der Waals surface area contributed by atoms with Gasteiger partial charge >= 0.3 is 0 Å². The first-order valence-corrected chi connectivity index (χ1v) is 9.40. The number of nitriles is 1. The topological polar surface area (TPSA) is 128 Å². The Kier molecular flexibility index (Phi) is 6.70. The molecular formula is C19H24N8O. The highest BCUT2D eigenvalue weighted by Gasteiger charge is 2.16. The number of nitrogens with zero attached hydrogens (tertiary/aromatic N) is 4. The van der Waals surface area contributed by atoms with Crippen LogP contribution in [0.25, 0.3) is 0 Å². The summed E-state index contributed by atoms with van der Waals surface area (Å²) in [6.07, 6.45) is 6.11. The molecule has 0 bridgehead atoms. The van der Waals surface area contributed by atoms with Crippen LogP contribution in [0.15, 0.2) is 24.4 Å². The van der Waals surface area contributed by atoms with E-state index in [0.29, 0.717) is 28.9 Å². The van der Waals surface area contributed by atoms with Crippen molar-refractivity contribution in [2.24, 2.45) is 0 Å². The Labute approximate surface area is 164 Å². The molecule has 0 saturated carbocycles. The van der Waals surface area contributed by atoms with Crippen molar-refractivity contribution in [1.82, 2.24) is 25.8 Å². The number of rotatable bonds is 7. The van der Waals surface area contributed by atoms with Crippen LogP contribution < -0.4 is 21.3 Å². The van der Waals surface area contributed by atoms with Crippen molar-refractivity contribution in [3.8, 4) is 6.07 Å². The summed E-state index contributed by atoms with van der Waals surface area (Å²) in [7, 11) is 1.56. The standard InChI is InChI=1S/C19H24N8O/c1-21-19(28)18-15(23-9-7-14-4-2-3-8-22-14)10-17(26-27-18)25-16-6-5-13(11-20)12-24-16/h5-6,10,12,14,22H,2-4,7-9H2,1H3,(H,21,28)(H2,23,24,25,26). The van der Waals surface area contributed by atoms with Gasteiger partial charge in [0.15, 0.2) is 11.5 Å². The Morgan fingerprint density at radius 2 is 2.21 bits per heavy atom. The molecule has 0 spiro atoms. The molecule has 1 atom stereocenters. The van der Waals surface area contributed by atoms with Gasteiger partial charge in [0, 0.05) is 31.9 Å². The number of amides is 1. The number of hydrogen-bond donors (Lipinski definition) is 4. The summed E-state index contributed by atoms with van der Waals surface area (Å²) in [5.41, 5.74) is 1.34. The third kappa shape index (κ3) is 5.14. The second kappa shape index (κ2) is 9.62. The molecule has 146 valence electrons. The van der Waals surface area contributed by atoms with Crippen LogP contribution in [-0.4, -0.2) is 47.3 Å². The Hall–Kier alpha value is -3.25. The van der Waals surface area contributed by atoms with Crippen LogP contribution in [0.5, 0.6) is 0 Å². The van der Waals surface area contributed by atoms with Crippen LogP contribution >= 0.6 is 0 Å². The minimum absolute atomic E-state index is 0.248. The molecule has 2 aromatic rings. The third-order valence-electron chi connectivity index (χ3n) is 4.61. The zero-order chi connectivity index (χ0) is 19.8. The second-order valence-electron chi connectivity index (χ2n) is 6.60. The first-order valence-electron chi connectivity index (χ1n) is 9.40. The van der Waals surface area contributed by atoms with Gasteiger partial charge in [-0.3, -0.25) is 4.79 Å². The maximum atomic E-state index is 12.1. The molecule has 1 fully saturated rings. The average molecular weight is 380 g/mol. The molecule has 3 heterocycles. The zero-order valence-electron chi connectivity index (χ0n) is 15.8. The lowest BCUT2D eigenvalue weighted by atomic mass is 10.0. The van der Waals surface area contributed by atoms with E-state index in [4.69, 9.17) is 5.26 Å². The maximum Gasteiger partial charge on any atom is 0.273 e. The lowest BCUT2D eigenvalue weighted by molar-refractivity contribution is 0.0958. The van der Waals surface area contributed by atoms with E-state index in [1.807, 2.05) is 6.07 Å². The average Bonchev–Trinajstić information content (AvgIpc) is 2.75. The molecule has 2 aromatic heterocycles. The van der Waals surface area contributed by atoms with E-state index in [1.165, 1.54) is 25.5 Å². The molecule has 9 nitrogen and oxygen atoms in total. The van der Waals surface area contributed by atoms with E-state index in [1.54, 1.807) is 25.2 Å². The Morgan fingerprint density at radius 1 is 1.32 bits per heavy atom. The fourth-order valence-electron chi connectivity index (χ4n) is 3.09. The molecule has 0 aliphatic carbocycles. The predicted molar refractivity (Wildman–Crippen MR) is 106 cm³/mol. The molecule has 3 rings (SSSR count). The molecule has 1 aliphatic rings. The quantitative estimate of drug-likeness (QED) is 0.572. The van der Waals surface area contributed by atoms with Crippen molar-refractivity contribution in [3.63, 3.8) is 0 Å². The van der Waals surface area contributed by atoms with Gasteiger partial charge in [0.1, 0.15) is 11.9 Å². The van der Waals surface area contributed by atoms with Crippen molar-refractivity contribution in [2.75, 3.05) is 30.8 Å². The van der Waals surface area contributed by atoms with Crippen LogP contribution in [0.2, 0.25) is 0 Å². The maximum absolute atomic E-state index is 12.1. The van der Waals surface area contributed by atoms with E-state index >= 15 is 0 Å². The lowest BCUT2D eigenvalue weighted by Crippen LogP contribution is -2.35. The predicted octanol–water partition coefficient (Wildman–Crippen LogP) is 1.79. The Morgan fingerprint density at radius 3 is 2.89 bits per heavy atom. The first kappa shape index (κ1) is 19.5. The summed E-state index contributed by atoms with van der Waals surface area (Å²) >= 11 is 0. The highest BCUT2D eigenvalue weighted by atomic mass is 16.1. The van der Waals surface area contributed by atoms with Crippen molar-refractivity contribution < 1.29 is 4.79 Å². The molecule has 1 saturated heterocycles. The summed E-state index contributed by atoms with van der Waals surface area (Å²) in [5, 5.41) is 29.4. The minimum atomic E-state index is -0.297. The van der Waals surface area contributed by atoms with Gasteiger partial charge in [0.25, 0.3) is 5.91 Å². The first-order chi connectivity index (χ1) is 13.7. The molecule has 1 amide bonds. The number of hydrogen-bond acceptors (Lipinski definition) is 8. The van der Waals surface area contributed by atoms with Gasteiger partial charge in [0.05, 0.1) is 11.3 Å². The normalized spacial score (nSPS) is 16.1. The van der Waals surface area contributed by atoms with E-state index in [0.717, 1.165) is 19.5 Å². The summed E-state index contributed by atoms with van der Waals surface area (Å²) in [4.78, 5) is 16.3. The van der Waals surface area contributed by atoms with Crippen molar-refractivity contribution in [2.45, 2.75) is 31.7 Å². The number of piperidine rings is 1. The van der Waals surface area contributed by atoms with Gasteiger partial charge in [-0.2, -0.15) is 5.26 Å². The van der Waals surface area contributed by atoms with Gasteiger partial charge in [0.2, 0.25) is 0 Å². The number of carbonyl (C=O) groups excluding carboxylic acids is 1. The van der Waals surface area contributed by atoms with Gasteiger partial charge in [-0.05, 0) is 37.9 Å². The molecule has 28 heavy (non-hydrogen) atoms. The highest BCUT2D eigenvalue weighted by molar-refractivity contribution is 5.97. The van der Waals surface area contributed by atoms with Gasteiger partial charge in [-0.25, -0.2) is 4.98 Å². The smallest absolute Gasteiger partial charge is 0.273 e. The highest BCUT2D eigenvalue weighted by Crippen LogP contribution is 2.20. The molecule has 0 radical (unpaired) electrons.